The average molecular weight is 259 g/mol. The van der Waals surface area contributed by atoms with Crippen molar-refractivity contribution >= 4 is 17.3 Å². The number of anilines is 1. The lowest BCUT2D eigenvalue weighted by atomic mass is 10.1. The number of para-hydroxylation sites is 1. The molecule has 1 aromatic carbocycles. The third kappa shape index (κ3) is 2.90. The van der Waals surface area contributed by atoms with Gasteiger partial charge >= 0.3 is 5.69 Å². The Balaban J connectivity index is 3.13. The lowest BCUT2D eigenvalue weighted by molar-refractivity contribution is -0.384. The van der Waals surface area contributed by atoms with Crippen LogP contribution in [0.2, 0.25) is 0 Å². The van der Waals surface area contributed by atoms with Crippen molar-refractivity contribution < 1.29 is 18.5 Å². The molecule has 0 unspecified atom stereocenters. The van der Waals surface area contributed by atoms with Gasteiger partial charge in [-0.15, -0.1) is 0 Å². The Morgan fingerprint density at radius 1 is 1.56 bits per heavy atom. The van der Waals surface area contributed by atoms with Crippen LogP contribution >= 0.6 is 0 Å². The topological polar surface area (TPSA) is 89.5 Å². The van der Waals surface area contributed by atoms with Crippen LogP contribution in [0.25, 0.3) is 0 Å². The number of hydrogen-bond donors (Lipinski definition) is 1. The van der Waals surface area contributed by atoms with E-state index in [2.05, 4.69) is 0 Å². The van der Waals surface area contributed by atoms with Gasteiger partial charge in [-0.2, -0.15) is 0 Å². The summed E-state index contributed by atoms with van der Waals surface area (Å²) in [5, 5.41) is 10.8. The van der Waals surface area contributed by atoms with Crippen molar-refractivity contribution in [2.45, 2.75) is 6.43 Å². The zero-order valence-electron chi connectivity index (χ0n) is 9.47. The van der Waals surface area contributed by atoms with Crippen LogP contribution in [0.4, 0.5) is 20.2 Å². The van der Waals surface area contributed by atoms with E-state index in [1.54, 1.807) is 0 Å². The second kappa shape index (κ2) is 5.39. The number of nitrogens with zero attached hydrogens (tertiary/aromatic N) is 2. The summed E-state index contributed by atoms with van der Waals surface area (Å²) in [6, 6.07) is 3.80. The Hall–Kier alpha value is -2.25. The maximum atomic E-state index is 12.1. The molecule has 0 radical (unpaired) electrons. The molecule has 0 aliphatic rings. The van der Waals surface area contributed by atoms with E-state index in [1.807, 2.05) is 0 Å². The van der Waals surface area contributed by atoms with Gasteiger partial charge in [-0.05, 0) is 12.1 Å². The number of hydrogen-bond acceptors (Lipinski definition) is 4. The van der Waals surface area contributed by atoms with Crippen LogP contribution < -0.4 is 5.73 Å². The highest BCUT2D eigenvalue weighted by molar-refractivity contribution is 6.00. The summed E-state index contributed by atoms with van der Waals surface area (Å²) in [6.45, 7) is -0.801. The van der Waals surface area contributed by atoms with Crippen LogP contribution in [-0.4, -0.2) is 35.7 Å². The van der Waals surface area contributed by atoms with Crippen LogP contribution in [0, 0.1) is 10.1 Å². The second-order valence-electron chi connectivity index (χ2n) is 3.58. The van der Waals surface area contributed by atoms with Crippen molar-refractivity contribution in [3.63, 3.8) is 0 Å². The van der Waals surface area contributed by atoms with Gasteiger partial charge in [-0.3, -0.25) is 14.9 Å². The van der Waals surface area contributed by atoms with Crippen LogP contribution in [0.1, 0.15) is 10.4 Å². The second-order valence-corrected chi connectivity index (χ2v) is 3.58. The third-order valence-electron chi connectivity index (χ3n) is 2.24. The van der Waals surface area contributed by atoms with E-state index in [1.165, 1.54) is 18.2 Å². The number of carbonyl (C=O) groups excluding carboxylic acids is 1. The summed E-state index contributed by atoms with van der Waals surface area (Å²) in [6.07, 6.45) is -2.71. The van der Waals surface area contributed by atoms with Gasteiger partial charge in [0.15, 0.2) is 0 Å². The molecule has 0 aliphatic heterocycles. The maximum absolute atomic E-state index is 12.1. The predicted molar refractivity (Wildman–Crippen MR) is 60.5 cm³/mol. The van der Waals surface area contributed by atoms with Gasteiger partial charge in [0.2, 0.25) is 0 Å². The fourth-order valence-electron chi connectivity index (χ4n) is 1.43. The number of benzene rings is 1. The van der Waals surface area contributed by atoms with Crippen LogP contribution in [-0.2, 0) is 0 Å². The normalized spacial score (nSPS) is 10.4. The number of alkyl halides is 2. The van der Waals surface area contributed by atoms with E-state index in [4.69, 9.17) is 5.73 Å². The van der Waals surface area contributed by atoms with Crippen LogP contribution in [0.3, 0.4) is 0 Å². The lowest BCUT2D eigenvalue weighted by Gasteiger charge is -2.16. The van der Waals surface area contributed by atoms with Crippen molar-refractivity contribution in [2.75, 3.05) is 19.3 Å². The maximum Gasteiger partial charge on any atom is 0.304 e. The highest BCUT2D eigenvalue weighted by Crippen LogP contribution is 2.26. The first kappa shape index (κ1) is 13.8. The van der Waals surface area contributed by atoms with Crippen molar-refractivity contribution in [3.8, 4) is 0 Å². The van der Waals surface area contributed by atoms with E-state index in [0.717, 1.165) is 7.05 Å². The Labute approximate surface area is 101 Å². The summed E-state index contributed by atoms with van der Waals surface area (Å²) in [5.74, 6) is -0.866. The minimum absolute atomic E-state index is 0.184. The molecule has 0 spiro atoms. The van der Waals surface area contributed by atoms with Gasteiger partial charge in [-0.25, -0.2) is 8.78 Å². The number of nitro groups is 1. The molecule has 98 valence electrons. The quantitative estimate of drug-likeness (QED) is 0.504. The van der Waals surface area contributed by atoms with E-state index < -0.39 is 29.5 Å². The molecular weight excluding hydrogens is 248 g/mol. The number of halogens is 2. The Morgan fingerprint density at radius 2 is 2.17 bits per heavy atom. The smallest absolute Gasteiger partial charge is 0.304 e. The number of nitrogen functional groups attached to an aromatic ring is 1. The predicted octanol–water partition coefficient (Wildman–Crippen LogP) is 1.51. The van der Waals surface area contributed by atoms with Gasteiger partial charge in [0, 0.05) is 7.05 Å². The fraction of sp³-hybridized carbons (Fsp3) is 0.300. The molecule has 1 amide bonds. The highest BCUT2D eigenvalue weighted by atomic mass is 19.3. The number of nitro benzene ring substituents is 1. The molecule has 0 aromatic heterocycles. The van der Waals surface area contributed by atoms with Crippen LogP contribution in [0.15, 0.2) is 18.2 Å². The molecule has 6 nitrogen and oxygen atoms in total. The lowest BCUT2D eigenvalue weighted by Crippen LogP contribution is -2.31. The Bertz CT molecular complexity index is 479. The largest absolute Gasteiger partial charge is 0.393 e. The Morgan fingerprint density at radius 3 is 2.67 bits per heavy atom. The average Bonchev–Trinajstić information content (AvgIpc) is 2.26. The fourth-order valence-corrected chi connectivity index (χ4v) is 1.43. The highest BCUT2D eigenvalue weighted by Gasteiger charge is 2.26. The zero-order chi connectivity index (χ0) is 13.9. The van der Waals surface area contributed by atoms with Gasteiger partial charge in [0.25, 0.3) is 12.3 Å². The first-order chi connectivity index (χ1) is 8.34. The molecular formula is C10H11F2N3O3. The third-order valence-corrected chi connectivity index (χ3v) is 2.24. The molecule has 0 heterocycles. The summed E-state index contributed by atoms with van der Waals surface area (Å²) in [4.78, 5) is 22.5. The van der Waals surface area contributed by atoms with E-state index in [9.17, 15) is 23.7 Å². The van der Waals surface area contributed by atoms with Crippen molar-refractivity contribution in [1.29, 1.82) is 0 Å². The van der Waals surface area contributed by atoms with E-state index in [-0.39, 0.29) is 11.3 Å². The van der Waals surface area contributed by atoms with Gasteiger partial charge in [-0.1, -0.05) is 6.07 Å². The molecule has 1 aromatic rings. The van der Waals surface area contributed by atoms with Crippen molar-refractivity contribution in [1.82, 2.24) is 4.90 Å². The monoisotopic (exact) mass is 259 g/mol. The molecule has 0 saturated heterocycles. The van der Waals surface area contributed by atoms with Crippen molar-refractivity contribution in [3.05, 3.63) is 33.9 Å². The SMILES string of the molecule is CN(CC(F)F)C(=O)c1cccc(N)c1[N+](=O)[O-]. The summed E-state index contributed by atoms with van der Waals surface area (Å²) < 4.78 is 24.3. The van der Waals surface area contributed by atoms with Gasteiger partial charge in [0.1, 0.15) is 11.3 Å². The molecule has 8 heteroatoms. The van der Waals surface area contributed by atoms with Gasteiger partial charge in [0.05, 0.1) is 11.5 Å². The molecule has 0 bridgehead atoms. The van der Waals surface area contributed by atoms with Crippen LogP contribution in [0.5, 0.6) is 0 Å². The zero-order valence-corrected chi connectivity index (χ0v) is 9.47. The number of nitrogens with two attached hydrogens (primary N) is 1. The standard InChI is InChI=1S/C10H11F2N3O3/c1-14(5-8(11)12)10(16)6-3-2-4-7(13)9(6)15(17)18/h2-4,8H,5,13H2,1H3. The van der Waals surface area contributed by atoms with E-state index >= 15 is 0 Å². The first-order valence-corrected chi connectivity index (χ1v) is 4.91. The molecule has 0 aliphatic carbocycles. The van der Waals surface area contributed by atoms with E-state index in [0.29, 0.717) is 4.90 Å². The first-order valence-electron chi connectivity index (χ1n) is 4.91. The summed E-state index contributed by atoms with van der Waals surface area (Å²) in [5.41, 5.74) is 4.35. The molecule has 0 saturated carbocycles. The number of rotatable bonds is 4. The molecule has 1 rings (SSSR count). The molecule has 2 N–H and O–H groups in total. The molecule has 18 heavy (non-hydrogen) atoms. The number of carbonyl (C=O) groups is 1. The molecule has 0 fully saturated rings. The minimum atomic E-state index is -2.71. The summed E-state index contributed by atoms with van der Waals surface area (Å²) >= 11 is 0. The van der Waals surface area contributed by atoms with Gasteiger partial charge < -0.3 is 10.6 Å². The minimum Gasteiger partial charge on any atom is -0.393 e. The Kier molecular flexibility index (Phi) is 4.13. The van der Waals surface area contributed by atoms with Crippen molar-refractivity contribution in [2.24, 2.45) is 0 Å². The number of amides is 1. The summed E-state index contributed by atoms with van der Waals surface area (Å²) in [7, 11) is 1.14. The molecule has 0 atom stereocenters.